The fourth-order valence-electron chi connectivity index (χ4n) is 3.24. The topological polar surface area (TPSA) is 115 Å². The van der Waals surface area contributed by atoms with Crippen LogP contribution in [0.1, 0.15) is 37.5 Å². The van der Waals surface area contributed by atoms with E-state index in [2.05, 4.69) is 0 Å². The average molecular weight is 567 g/mol. The Morgan fingerprint density at radius 1 is 0.941 bits per heavy atom. The Hall–Kier alpha value is -2.17. The van der Waals surface area contributed by atoms with E-state index < -0.39 is 58.2 Å². The first-order valence-corrected chi connectivity index (χ1v) is 13.1. The molecule has 8 nitrogen and oxygen atoms in total. The van der Waals surface area contributed by atoms with Gasteiger partial charge in [0.15, 0.2) is 6.61 Å². The summed E-state index contributed by atoms with van der Waals surface area (Å²) in [5.74, 6) is -4.09. The fraction of sp³-hybridized carbons (Fsp3) is 0.238. The van der Waals surface area contributed by atoms with Crippen LogP contribution in [0.25, 0.3) is 0 Å². The van der Waals surface area contributed by atoms with Crippen molar-refractivity contribution in [3.63, 3.8) is 0 Å². The second-order valence-corrected chi connectivity index (χ2v) is 11.3. The lowest BCUT2D eigenvalue weighted by Gasteiger charge is -2.24. The predicted molar refractivity (Wildman–Crippen MR) is 127 cm³/mol. The van der Waals surface area contributed by atoms with E-state index in [9.17, 15) is 27.6 Å². The first kappa shape index (κ1) is 26.4. The van der Waals surface area contributed by atoms with Gasteiger partial charge in [0.05, 0.1) is 31.9 Å². The van der Waals surface area contributed by atoms with Crippen molar-refractivity contribution in [2.24, 2.45) is 0 Å². The van der Waals surface area contributed by atoms with E-state index in [4.69, 9.17) is 51.1 Å². The molecular formula is C21H15Cl4NO7S. The highest BCUT2D eigenvalue weighted by atomic mass is 35.5. The zero-order valence-electron chi connectivity index (χ0n) is 17.3. The van der Waals surface area contributed by atoms with Gasteiger partial charge in [0.25, 0.3) is 11.8 Å². The van der Waals surface area contributed by atoms with Crippen molar-refractivity contribution in [2.45, 2.75) is 12.5 Å². The van der Waals surface area contributed by atoms with Crippen LogP contribution in [0.4, 0.5) is 0 Å². The summed E-state index contributed by atoms with van der Waals surface area (Å²) >= 11 is 23.7. The molecule has 0 fully saturated rings. The van der Waals surface area contributed by atoms with Gasteiger partial charge < -0.3 is 4.74 Å². The molecule has 2 aromatic carbocycles. The lowest BCUT2D eigenvalue weighted by molar-refractivity contribution is -0.147. The van der Waals surface area contributed by atoms with E-state index in [1.54, 1.807) is 0 Å². The molecule has 1 aliphatic rings. The first-order chi connectivity index (χ1) is 15.8. The molecule has 0 unspecified atom stereocenters. The molecule has 1 atom stereocenters. The molecule has 2 aromatic rings. The molecule has 0 saturated carbocycles. The molecular weight excluding hydrogens is 552 g/mol. The lowest BCUT2D eigenvalue weighted by Crippen LogP contribution is -2.46. The number of benzene rings is 2. The second kappa shape index (κ2) is 10.2. The van der Waals surface area contributed by atoms with Gasteiger partial charge in [-0.05, 0) is 36.8 Å². The van der Waals surface area contributed by atoms with Crippen molar-refractivity contribution in [3.05, 3.63) is 67.1 Å². The van der Waals surface area contributed by atoms with Gasteiger partial charge in [0.2, 0.25) is 5.78 Å². The highest BCUT2D eigenvalue weighted by Crippen LogP contribution is 2.33. The molecule has 180 valence electrons. The maximum absolute atomic E-state index is 12.9. The third-order valence-electron chi connectivity index (χ3n) is 4.88. The van der Waals surface area contributed by atoms with E-state index in [0.717, 1.165) is 6.26 Å². The normalized spacial score (nSPS) is 14.2. The van der Waals surface area contributed by atoms with Crippen molar-refractivity contribution in [1.82, 2.24) is 4.90 Å². The van der Waals surface area contributed by atoms with Gasteiger partial charge in [-0.25, -0.2) is 13.2 Å². The van der Waals surface area contributed by atoms with Crippen LogP contribution in [0, 0.1) is 0 Å². The molecule has 2 amide bonds. The largest absolute Gasteiger partial charge is 0.456 e. The number of sulfone groups is 1. The number of esters is 1. The van der Waals surface area contributed by atoms with Crippen LogP contribution in [-0.2, 0) is 19.4 Å². The minimum Gasteiger partial charge on any atom is -0.456 e. The smallest absolute Gasteiger partial charge is 0.329 e. The summed E-state index contributed by atoms with van der Waals surface area (Å²) in [6.45, 7) is -0.767. The molecule has 0 bridgehead atoms. The number of carbonyl (C=O) groups is 4. The van der Waals surface area contributed by atoms with E-state index in [0.29, 0.717) is 9.92 Å². The maximum atomic E-state index is 12.9. The first-order valence-electron chi connectivity index (χ1n) is 9.49. The molecule has 34 heavy (non-hydrogen) atoms. The standard InChI is InChI=1S/C21H15Cl4NO7S/c1-34(31,32)5-4-17(21(30)33-9-18(27)11-3-2-10(22)6-14(11)23)26-19(28)12-7-15(24)16(25)8-13(12)20(26)29/h2-3,6-8,17H,4-5,9H2,1H3/t17-/m0/s1. The van der Waals surface area contributed by atoms with E-state index >= 15 is 0 Å². The zero-order chi connectivity index (χ0) is 25.4. The van der Waals surface area contributed by atoms with Crippen LogP contribution in [0.15, 0.2) is 30.3 Å². The summed E-state index contributed by atoms with van der Waals surface area (Å²) in [6.07, 6.45) is 0.490. The number of imide groups is 1. The number of hydrogen-bond acceptors (Lipinski definition) is 7. The van der Waals surface area contributed by atoms with Gasteiger partial charge in [-0.2, -0.15) is 0 Å². The third kappa shape index (κ3) is 5.72. The van der Waals surface area contributed by atoms with Crippen LogP contribution >= 0.6 is 46.4 Å². The van der Waals surface area contributed by atoms with Crippen LogP contribution in [0.5, 0.6) is 0 Å². The molecule has 0 saturated heterocycles. The average Bonchev–Trinajstić information content (AvgIpc) is 2.96. The number of halogens is 4. The van der Waals surface area contributed by atoms with Gasteiger partial charge >= 0.3 is 5.97 Å². The number of hydrogen-bond donors (Lipinski definition) is 0. The van der Waals surface area contributed by atoms with Crippen LogP contribution < -0.4 is 0 Å². The van der Waals surface area contributed by atoms with Gasteiger partial charge in [-0.15, -0.1) is 0 Å². The SMILES string of the molecule is CS(=O)(=O)CC[C@@H](C(=O)OCC(=O)c1ccc(Cl)cc1Cl)N1C(=O)c2cc(Cl)c(Cl)cc2C1=O. The maximum Gasteiger partial charge on any atom is 0.329 e. The quantitative estimate of drug-likeness (QED) is 0.268. The van der Waals surface area contributed by atoms with Crippen LogP contribution in [-0.4, -0.2) is 61.5 Å². The van der Waals surface area contributed by atoms with E-state index in [-0.39, 0.29) is 31.8 Å². The lowest BCUT2D eigenvalue weighted by atomic mass is 10.1. The number of rotatable bonds is 8. The van der Waals surface area contributed by atoms with Crippen molar-refractivity contribution < 1.29 is 32.3 Å². The summed E-state index contributed by atoms with van der Waals surface area (Å²) in [7, 11) is -3.58. The zero-order valence-corrected chi connectivity index (χ0v) is 21.2. The number of fused-ring (bicyclic) bond motifs is 1. The van der Waals surface area contributed by atoms with Crippen LogP contribution in [0.3, 0.4) is 0 Å². The Kier molecular flexibility index (Phi) is 7.94. The van der Waals surface area contributed by atoms with Crippen molar-refractivity contribution >= 4 is 79.8 Å². The molecule has 0 aromatic heterocycles. The Balaban J connectivity index is 1.86. The van der Waals surface area contributed by atoms with Crippen molar-refractivity contribution in [2.75, 3.05) is 18.6 Å². The van der Waals surface area contributed by atoms with Gasteiger partial charge in [-0.1, -0.05) is 46.4 Å². The summed E-state index contributed by atoms with van der Waals surface area (Å²) in [5, 5.41) is 0.370. The molecule has 0 spiro atoms. The minimum atomic E-state index is -3.58. The molecule has 1 heterocycles. The van der Waals surface area contributed by atoms with Gasteiger partial charge in [0, 0.05) is 16.8 Å². The molecule has 3 rings (SSSR count). The van der Waals surface area contributed by atoms with Gasteiger partial charge in [0.1, 0.15) is 15.9 Å². The summed E-state index contributed by atoms with van der Waals surface area (Å²) < 4.78 is 28.5. The van der Waals surface area contributed by atoms with Crippen molar-refractivity contribution in [1.29, 1.82) is 0 Å². The van der Waals surface area contributed by atoms with E-state index in [1.165, 1.54) is 30.3 Å². The predicted octanol–water partition coefficient (Wildman–Crippen LogP) is 4.13. The number of amides is 2. The summed E-state index contributed by atoms with van der Waals surface area (Å²) in [5.41, 5.74) is -0.155. The number of ketones is 1. The number of carbonyl (C=O) groups excluding carboxylic acids is 4. The molecule has 0 N–H and O–H groups in total. The molecule has 1 aliphatic heterocycles. The number of nitrogens with zero attached hydrogens (tertiary/aromatic N) is 1. The number of Topliss-reactive ketones (excluding diaryl/α,β-unsaturated/α-hetero) is 1. The highest BCUT2D eigenvalue weighted by Gasteiger charge is 2.44. The Labute approximate surface area is 214 Å². The van der Waals surface area contributed by atoms with Crippen molar-refractivity contribution in [3.8, 4) is 0 Å². The molecule has 13 heteroatoms. The Bertz CT molecular complexity index is 1290. The minimum absolute atomic E-state index is 0.0177. The monoisotopic (exact) mass is 565 g/mol. The highest BCUT2D eigenvalue weighted by molar-refractivity contribution is 7.90. The Morgan fingerprint density at radius 3 is 2.00 bits per heavy atom. The van der Waals surface area contributed by atoms with Crippen LogP contribution in [0.2, 0.25) is 20.1 Å². The molecule has 0 radical (unpaired) electrons. The molecule has 0 aliphatic carbocycles. The van der Waals surface area contributed by atoms with E-state index in [1.807, 2.05) is 0 Å². The fourth-order valence-corrected chi connectivity index (χ4v) is 4.73. The Morgan fingerprint density at radius 2 is 1.50 bits per heavy atom. The summed E-state index contributed by atoms with van der Waals surface area (Å²) in [6, 6.07) is 4.86. The summed E-state index contributed by atoms with van der Waals surface area (Å²) in [4.78, 5) is 51.8. The van der Waals surface area contributed by atoms with Gasteiger partial charge in [-0.3, -0.25) is 19.3 Å². The third-order valence-corrected chi connectivity index (χ3v) is 7.13. The second-order valence-electron chi connectivity index (χ2n) is 7.38. The number of ether oxygens (including phenoxy) is 1.